The third-order valence-corrected chi connectivity index (χ3v) is 3.34. The number of benzene rings is 1. The standard InChI is InChI=1S/C13H15F2N3O3/c1-13(2)7-17(6-5-16-13)12(19)10-8(14)3-4-9(11(10)15)18(20)21/h3-4,16H,5-7H2,1-2H3. The van der Waals surface area contributed by atoms with Gasteiger partial charge < -0.3 is 10.2 Å². The fourth-order valence-electron chi connectivity index (χ4n) is 2.35. The van der Waals surface area contributed by atoms with Crippen molar-refractivity contribution < 1.29 is 18.5 Å². The van der Waals surface area contributed by atoms with E-state index in [-0.39, 0.29) is 18.6 Å². The Morgan fingerprint density at radius 2 is 2.10 bits per heavy atom. The maximum Gasteiger partial charge on any atom is 0.305 e. The number of hydrogen-bond acceptors (Lipinski definition) is 4. The smallest absolute Gasteiger partial charge is 0.305 e. The van der Waals surface area contributed by atoms with Crippen LogP contribution >= 0.6 is 0 Å². The van der Waals surface area contributed by atoms with Gasteiger partial charge in [0.15, 0.2) is 0 Å². The summed E-state index contributed by atoms with van der Waals surface area (Å²) in [5, 5.41) is 13.9. The van der Waals surface area contributed by atoms with Gasteiger partial charge in [0.1, 0.15) is 11.4 Å². The van der Waals surface area contributed by atoms with Gasteiger partial charge in [-0.3, -0.25) is 14.9 Å². The van der Waals surface area contributed by atoms with Crippen molar-refractivity contribution in [2.45, 2.75) is 19.4 Å². The van der Waals surface area contributed by atoms with E-state index in [2.05, 4.69) is 5.32 Å². The van der Waals surface area contributed by atoms with E-state index in [1.54, 1.807) is 0 Å². The average molecular weight is 299 g/mol. The van der Waals surface area contributed by atoms with Gasteiger partial charge in [-0.1, -0.05) is 0 Å². The quantitative estimate of drug-likeness (QED) is 0.666. The molecule has 0 radical (unpaired) electrons. The van der Waals surface area contributed by atoms with Crippen LogP contribution < -0.4 is 5.32 Å². The molecule has 0 atom stereocenters. The molecule has 1 aliphatic rings. The van der Waals surface area contributed by atoms with Crippen LogP contribution in [0.25, 0.3) is 0 Å². The summed E-state index contributed by atoms with van der Waals surface area (Å²) in [6.07, 6.45) is 0. The molecule has 1 aromatic rings. The molecular formula is C13H15F2N3O3. The molecule has 1 fully saturated rings. The number of piperazine rings is 1. The lowest BCUT2D eigenvalue weighted by atomic mass is 10.0. The van der Waals surface area contributed by atoms with Gasteiger partial charge in [0.05, 0.1) is 4.92 Å². The molecule has 8 heteroatoms. The highest BCUT2D eigenvalue weighted by molar-refractivity contribution is 5.95. The van der Waals surface area contributed by atoms with Crippen LogP contribution in [0.2, 0.25) is 0 Å². The Kier molecular flexibility index (Phi) is 3.91. The molecule has 0 bridgehead atoms. The lowest BCUT2D eigenvalue weighted by molar-refractivity contribution is -0.387. The van der Waals surface area contributed by atoms with Crippen LogP contribution in [0.15, 0.2) is 12.1 Å². The molecule has 0 saturated carbocycles. The summed E-state index contributed by atoms with van der Waals surface area (Å²) in [7, 11) is 0. The van der Waals surface area contributed by atoms with Gasteiger partial charge in [-0.15, -0.1) is 0 Å². The van der Waals surface area contributed by atoms with Crippen molar-refractivity contribution in [1.82, 2.24) is 10.2 Å². The van der Waals surface area contributed by atoms with Crippen LogP contribution in [-0.4, -0.2) is 40.9 Å². The third-order valence-electron chi connectivity index (χ3n) is 3.34. The molecule has 1 N–H and O–H groups in total. The molecule has 1 heterocycles. The number of hydrogen-bond donors (Lipinski definition) is 1. The monoisotopic (exact) mass is 299 g/mol. The first-order valence-corrected chi connectivity index (χ1v) is 6.39. The Morgan fingerprint density at radius 3 is 2.67 bits per heavy atom. The molecule has 114 valence electrons. The zero-order valence-electron chi connectivity index (χ0n) is 11.7. The summed E-state index contributed by atoms with van der Waals surface area (Å²) in [5.41, 5.74) is -2.17. The maximum atomic E-state index is 14.0. The zero-order valence-corrected chi connectivity index (χ0v) is 11.7. The van der Waals surface area contributed by atoms with Gasteiger partial charge in [0, 0.05) is 31.2 Å². The topological polar surface area (TPSA) is 75.5 Å². The van der Waals surface area contributed by atoms with Crippen LogP contribution in [0.3, 0.4) is 0 Å². The molecule has 1 aliphatic heterocycles. The number of nitrogens with one attached hydrogen (secondary N) is 1. The second-order valence-electron chi connectivity index (χ2n) is 5.55. The predicted octanol–water partition coefficient (Wildman–Crippen LogP) is 1.70. The van der Waals surface area contributed by atoms with Gasteiger partial charge in [0.25, 0.3) is 5.91 Å². The lowest BCUT2D eigenvalue weighted by Crippen LogP contribution is -2.58. The molecule has 6 nitrogen and oxygen atoms in total. The summed E-state index contributed by atoms with van der Waals surface area (Å²) in [4.78, 5) is 23.3. The van der Waals surface area contributed by atoms with Gasteiger partial charge >= 0.3 is 5.69 Å². The number of halogens is 2. The van der Waals surface area contributed by atoms with E-state index in [9.17, 15) is 23.7 Å². The first-order chi connectivity index (χ1) is 9.73. The Bertz CT molecular complexity index is 605. The van der Waals surface area contributed by atoms with Crippen molar-refractivity contribution in [3.8, 4) is 0 Å². The van der Waals surface area contributed by atoms with Crippen LogP contribution in [0, 0.1) is 21.7 Å². The predicted molar refractivity (Wildman–Crippen MR) is 71.0 cm³/mol. The Morgan fingerprint density at radius 1 is 1.43 bits per heavy atom. The second-order valence-corrected chi connectivity index (χ2v) is 5.55. The minimum atomic E-state index is -1.43. The number of nitro groups is 1. The van der Waals surface area contributed by atoms with E-state index in [0.717, 1.165) is 6.07 Å². The molecular weight excluding hydrogens is 284 g/mol. The van der Waals surface area contributed by atoms with Crippen molar-refractivity contribution in [2.24, 2.45) is 0 Å². The van der Waals surface area contributed by atoms with E-state index in [1.165, 1.54) is 4.90 Å². The van der Waals surface area contributed by atoms with Crippen LogP contribution in [0.4, 0.5) is 14.5 Å². The Hall–Kier alpha value is -2.09. The minimum absolute atomic E-state index is 0.257. The Labute approximate surface area is 119 Å². The van der Waals surface area contributed by atoms with E-state index in [4.69, 9.17) is 0 Å². The normalized spacial score (nSPS) is 17.6. The number of nitro benzene ring substituents is 1. The number of amides is 1. The number of rotatable bonds is 2. The summed E-state index contributed by atoms with van der Waals surface area (Å²) >= 11 is 0. The van der Waals surface area contributed by atoms with Crippen molar-refractivity contribution in [1.29, 1.82) is 0 Å². The molecule has 21 heavy (non-hydrogen) atoms. The van der Waals surface area contributed by atoms with E-state index >= 15 is 0 Å². The van der Waals surface area contributed by atoms with Gasteiger partial charge in [-0.25, -0.2) is 4.39 Å². The van der Waals surface area contributed by atoms with Crippen LogP contribution in [-0.2, 0) is 0 Å². The fraction of sp³-hybridized carbons (Fsp3) is 0.462. The molecule has 2 rings (SSSR count). The first kappa shape index (κ1) is 15.3. The third kappa shape index (κ3) is 2.99. The number of nitrogens with zero attached hydrogens (tertiary/aromatic N) is 2. The van der Waals surface area contributed by atoms with Crippen molar-refractivity contribution in [3.05, 3.63) is 39.4 Å². The SMILES string of the molecule is CC1(C)CN(C(=O)c2c(F)ccc([N+](=O)[O-])c2F)CCN1. The van der Waals surface area contributed by atoms with Crippen molar-refractivity contribution in [3.63, 3.8) is 0 Å². The summed E-state index contributed by atoms with van der Waals surface area (Å²) in [6, 6.07) is 1.45. The average Bonchev–Trinajstić information content (AvgIpc) is 2.36. The number of carbonyl (C=O) groups is 1. The minimum Gasteiger partial charge on any atom is -0.335 e. The van der Waals surface area contributed by atoms with Crippen molar-refractivity contribution in [2.75, 3.05) is 19.6 Å². The molecule has 1 aromatic carbocycles. The molecule has 0 aromatic heterocycles. The maximum absolute atomic E-state index is 14.0. The second kappa shape index (κ2) is 5.36. The molecule has 1 saturated heterocycles. The van der Waals surface area contributed by atoms with Crippen LogP contribution in [0.1, 0.15) is 24.2 Å². The van der Waals surface area contributed by atoms with E-state index in [0.29, 0.717) is 12.6 Å². The van der Waals surface area contributed by atoms with Gasteiger partial charge in [-0.2, -0.15) is 4.39 Å². The molecule has 0 aliphatic carbocycles. The highest BCUT2D eigenvalue weighted by Crippen LogP contribution is 2.25. The summed E-state index contributed by atoms with van der Waals surface area (Å²) in [5.74, 6) is -3.40. The number of carbonyl (C=O) groups excluding carboxylic acids is 1. The zero-order chi connectivity index (χ0) is 15.8. The highest BCUT2D eigenvalue weighted by atomic mass is 19.1. The summed E-state index contributed by atoms with van der Waals surface area (Å²) in [6.45, 7) is 4.73. The molecule has 1 amide bonds. The molecule has 0 unspecified atom stereocenters. The van der Waals surface area contributed by atoms with Crippen LogP contribution in [0.5, 0.6) is 0 Å². The molecule has 0 spiro atoms. The van der Waals surface area contributed by atoms with Gasteiger partial charge in [-0.05, 0) is 19.9 Å². The summed E-state index contributed by atoms with van der Waals surface area (Å²) < 4.78 is 27.8. The fourth-order valence-corrected chi connectivity index (χ4v) is 2.35. The van der Waals surface area contributed by atoms with E-state index < -0.39 is 33.7 Å². The lowest BCUT2D eigenvalue weighted by Gasteiger charge is -2.39. The van der Waals surface area contributed by atoms with Crippen molar-refractivity contribution >= 4 is 11.6 Å². The first-order valence-electron chi connectivity index (χ1n) is 6.39. The Balaban J connectivity index is 2.39. The highest BCUT2D eigenvalue weighted by Gasteiger charge is 2.33. The largest absolute Gasteiger partial charge is 0.335 e. The van der Waals surface area contributed by atoms with E-state index in [1.807, 2.05) is 13.8 Å². The van der Waals surface area contributed by atoms with Gasteiger partial charge in [0.2, 0.25) is 5.82 Å².